The largest absolute Gasteiger partial charge is 0.460 e. The molecular weight excluding hydrogens is 618 g/mol. The molecule has 0 aliphatic carbocycles. The van der Waals surface area contributed by atoms with E-state index < -0.39 is 29.2 Å². The molecule has 2 aromatic carbocycles. The van der Waals surface area contributed by atoms with E-state index in [2.05, 4.69) is 4.85 Å². The normalized spacial score (nSPS) is 13.6. The van der Waals surface area contributed by atoms with Crippen molar-refractivity contribution >= 4 is 17.7 Å². The van der Waals surface area contributed by atoms with Crippen molar-refractivity contribution < 1.29 is 34.1 Å². The summed E-state index contributed by atoms with van der Waals surface area (Å²) in [4.78, 5) is 39.9. The Kier molecular flexibility index (Phi) is 19.3. The van der Waals surface area contributed by atoms with E-state index in [0.717, 1.165) is 11.1 Å². The van der Waals surface area contributed by atoms with Crippen molar-refractivity contribution in [3.8, 4) is 6.57 Å². The average Bonchev–Trinajstić information content (AvgIpc) is 2.94. The number of carbonyl (C=O) groups is 3. The highest BCUT2D eigenvalue weighted by Crippen LogP contribution is 2.25. The van der Waals surface area contributed by atoms with Gasteiger partial charge in [-0.2, -0.15) is 0 Å². The molecule has 0 spiro atoms. The van der Waals surface area contributed by atoms with Crippen LogP contribution in [0.4, 0.5) is 0 Å². The van der Waals surface area contributed by atoms with Crippen molar-refractivity contribution in [2.75, 3.05) is 6.61 Å². The maximum Gasteiger partial charge on any atom is 0.306 e. The minimum Gasteiger partial charge on any atom is -0.460 e. The van der Waals surface area contributed by atoms with Gasteiger partial charge in [0.05, 0.1) is 12.8 Å². The fraction of sp³-hybridized carbons (Fsp3) is 0.610. The molecule has 0 saturated carbocycles. The van der Waals surface area contributed by atoms with E-state index in [4.69, 9.17) is 16.0 Å². The Morgan fingerprint density at radius 2 is 1.08 bits per heavy atom. The minimum absolute atomic E-state index is 0.00582. The van der Waals surface area contributed by atoms with Crippen molar-refractivity contribution in [2.45, 2.75) is 138 Å². The molecule has 2 N–H and O–H groups in total. The first-order chi connectivity index (χ1) is 22.3. The smallest absolute Gasteiger partial charge is 0.306 e. The summed E-state index contributed by atoms with van der Waals surface area (Å²) in [5.41, 5.74) is 0.790. The van der Waals surface area contributed by atoms with Crippen LogP contribution in [0.25, 0.3) is 4.85 Å². The van der Waals surface area contributed by atoms with E-state index in [9.17, 15) is 24.6 Å². The maximum absolute atomic E-state index is 12.5. The van der Waals surface area contributed by atoms with Crippen LogP contribution in [0.15, 0.2) is 60.7 Å². The Labute approximate surface area is 296 Å². The van der Waals surface area contributed by atoms with Crippen molar-refractivity contribution in [3.63, 3.8) is 0 Å². The molecule has 0 aliphatic rings. The number of nitrogens with zero attached hydrogens (tertiary/aromatic N) is 1. The van der Waals surface area contributed by atoms with E-state index in [1.54, 1.807) is 20.8 Å². The van der Waals surface area contributed by atoms with Gasteiger partial charge in [0.15, 0.2) is 5.78 Å². The van der Waals surface area contributed by atoms with Crippen molar-refractivity contribution in [1.82, 2.24) is 0 Å². The lowest BCUT2D eigenvalue weighted by Crippen LogP contribution is -2.36. The van der Waals surface area contributed by atoms with Gasteiger partial charge in [0.25, 0.3) is 12.1 Å². The zero-order chi connectivity index (χ0) is 38.1. The van der Waals surface area contributed by atoms with Crippen LogP contribution >= 0.6 is 0 Å². The first kappa shape index (κ1) is 45.5. The molecule has 274 valence electrons. The molecule has 0 aromatic heterocycles. The Balaban J connectivity index is 0.000000835. The molecule has 0 aliphatic heterocycles. The SMILES string of the molecule is C#[N+]C(C)(C)C.CC(C)(C)CC(=O)C(O)[C@@H](CC(=O)OC(C)(C)C)Cc1ccccc1.CC(C)(C)OC(=O)C[C@H](CO)Cc1ccccc1. The number of esters is 2. The highest BCUT2D eigenvalue weighted by Gasteiger charge is 2.32. The molecule has 8 heteroatoms. The second-order valence-corrected chi connectivity index (χ2v) is 16.7. The first-order valence-electron chi connectivity index (χ1n) is 17.1. The second kappa shape index (κ2) is 20.9. The molecule has 2 rings (SSSR count). The molecule has 0 amide bonds. The summed E-state index contributed by atoms with van der Waals surface area (Å²) < 4.78 is 10.6. The van der Waals surface area contributed by atoms with Gasteiger partial charge in [-0.05, 0) is 76.8 Å². The number of Topliss-reactive ketones (excluding diaryl/α,β-unsaturated/α-hetero) is 1. The molecule has 0 fully saturated rings. The zero-order valence-corrected chi connectivity index (χ0v) is 32.2. The van der Waals surface area contributed by atoms with Crippen LogP contribution < -0.4 is 0 Å². The molecule has 8 nitrogen and oxygen atoms in total. The molecule has 1 unspecified atom stereocenters. The third kappa shape index (κ3) is 25.1. The average molecular weight is 683 g/mol. The van der Waals surface area contributed by atoms with Gasteiger partial charge < -0.3 is 19.7 Å². The van der Waals surface area contributed by atoms with E-state index >= 15 is 0 Å². The Bertz CT molecular complexity index is 1290. The third-order valence-corrected chi connectivity index (χ3v) is 6.56. The summed E-state index contributed by atoms with van der Waals surface area (Å²) in [7, 11) is 0. The fourth-order valence-electron chi connectivity index (χ4n) is 4.47. The van der Waals surface area contributed by atoms with Gasteiger partial charge in [-0.25, -0.2) is 0 Å². The van der Waals surface area contributed by atoms with Crippen LogP contribution in [0.1, 0.15) is 113 Å². The topological polar surface area (TPSA) is 114 Å². The van der Waals surface area contributed by atoms with Gasteiger partial charge in [0, 0.05) is 39.7 Å². The van der Waals surface area contributed by atoms with Crippen molar-refractivity contribution in [1.29, 1.82) is 0 Å². The number of ether oxygens (including phenoxy) is 2. The van der Waals surface area contributed by atoms with Gasteiger partial charge in [0.1, 0.15) is 17.3 Å². The lowest BCUT2D eigenvalue weighted by atomic mass is 9.82. The highest BCUT2D eigenvalue weighted by atomic mass is 16.6. The zero-order valence-electron chi connectivity index (χ0n) is 32.2. The number of hydrogen-bond donors (Lipinski definition) is 2. The van der Waals surface area contributed by atoms with Gasteiger partial charge in [-0.3, -0.25) is 14.4 Å². The van der Waals surface area contributed by atoms with Crippen LogP contribution in [0, 0.1) is 23.8 Å². The Morgan fingerprint density at radius 1 is 0.694 bits per heavy atom. The van der Waals surface area contributed by atoms with Crippen LogP contribution in [0.2, 0.25) is 0 Å². The third-order valence-electron chi connectivity index (χ3n) is 6.56. The first-order valence-corrected chi connectivity index (χ1v) is 17.1. The van der Waals surface area contributed by atoms with E-state index in [1.807, 2.05) is 123 Å². The van der Waals surface area contributed by atoms with E-state index in [1.165, 1.54) is 0 Å². The maximum atomic E-state index is 12.5. The van der Waals surface area contributed by atoms with E-state index in [0.29, 0.717) is 12.8 Å². The van der Waals surface area contributed by atoms with Crippen LogP contribution in [0.3, 0.4) is 0 Å². The van der Waals surface area contributed by atoms with Gasteiger partial charge in [-0.15, -0.1) is 0 Å². The highest BCUT2D eigenvalue weighted by molar-refractivity contribution is 5.84. The molecule has 0 saturated heterocycles. The van der Waals surface area contributed by atoms with Crippen molar-refractivity contribution in [2.24, 2.45) is 17.3 Å². The summed E-state index contributed by atoms with van der Waals surface area (Å²) >= 11 is 0. The molecular formula is C41H64NO7+. The number of aliphatic hydroxyl groups is 2. The van der Waals surface area contributed by atoms with Gasteiger partial charge in [-0.1, -0.05) is 86.3 Å². The molecule has 0 bridgehead atoms. The predicted octanol–water partition coefficient (Wildman–Crippen LogP) is 8.26. The molecule has 49 heavy (non-hydrogen) atoms. The fourth-order valence-corrected chi connectivity index (χ4v) is 4.47. The summed E-state index contributed by atoms with van der Waals surface area (Å²) in [5.74, 6) is -1.44. The minimum atomic E-state index is -1.17. The summed E-state index contributed by atoms with van der Waals surface area (Å²) in [6, 6.07) is 19.4. The number of carbonyl (C=O) groups excluding carboxylic acids is 3. The van der Waals surface area contributed by atoms with Gasteiger partial charge in [0.2, 0.25) is 0 Å². The molecule has 3 atom stereocenters. The summed E-state index contributed by atoms with van der Waals surface area (Å²) in [6.45, 7) is 27.6. The quantitative estimate of drug-likeness (QED) is 0.217. The second-order valence-electron chi connectivity index (χ2n) is 16.7. The predicted molar refractivity (Wildman–Crippen MR) is 198 cm³/mol. The Hall–Kier alpha value is -3.54. The molecule has 0 heterocycles. The monoisotopic (exact) mass is 682 g/mol. The van der Waals surface area contributed by atoms with Crippen molar-refractivity contribution in [3.05, 3.63) is 76.6 Å². The summed E-state index contributed by atoms with van der Waals surface area (Å²) in [5, 5.41) is 19.9. The number of aliphatic hydroxyl groups excluding tert-OH is 2. The lowest BCUT2D eigenvalue weighted by molar-refractivity contribution is -0.158. The summed E-state index contributed by atoms with van der Waals surface area (Å²) in [6.07, 6.45) is 0.514. The number of hydrogen-bond acceptors (Lipinski definition) is 7. The molecule has 0 radical (unpaired) electrons. The van der Waals surface area contributed by atoms with Crippen LogP contribution in [-0.2, 0) is 36.7 Å². The Morgan fingerprint density at radius 3 is 1.43 bits per heavy atom. The lowest BCUT2D eigenvalue weighted by Gasteiger charge is -2.26. The standard InChI is InChI=1S/C21H32O4.C15H22O3.C5H10N/c1-20(2,3)14-17(22)19(24)16(12-15-10-8-7-9-11-15)13-18(23)25-21(4,5)6;1-15(2,3)18-14(17)10-13(11-16)9-12-7-5-4-6-8-12;1-5(2,3)6-4/h7-11,16,19,24H,12-14H2,1-6H3;4-8,13,16H,9-11H2,1-3H3;4H,1-3H3/q;;+1/t16-,19?;13-;/m11./s1. The van der Waals surface area contributed by atoms with Crippen LogP contribution in [0.5, 0.6) is 0 Å². The molecule has 2 aromatic rings. The number of rotatable bonds is 12. The number of benzene rings is 2. The number of ketones is 1. The van der Waals surface area contributed by atoms with Gasteiger partial charge >= 0.3 is 11.9 Å². The van der Waals surface area contributed by atoms with E-state index in [-0.39, 0.29) is 54.5 Å². The van der Waals surface area contributed by atoms with Crippen LogP contribution in [-0.4, -0.2) is 57.4 Å².